The van der Waals surface area contributed by atoms with Crippen LogP contribution in [0.4, 0.5) is 37.8 Å². The number of rotatable bonds is 12. The number of alkyl halides is 4. The van der Waals surface area contributed by atoms with Crippen LogP contribution < -0.4 is 14.8 Å². The molecule has 0 unspecified atom stereocenters. The lowest BCUT2D eigenvalue weighted by Gasteiger charge is -2.16. The van der Waals surface area contributed by atoms with E-state index in [1.54, 1.807) is 0 Å². The predicted octanol–water partition coefficient (Wildman–Crippen LogP) is 5.20. The molecule has 7 nitrogen and oxygen atoms in total. The number of hydrogen-bond donors (Lipinski definition) is 1. The van der Waals surface area contributed by atoms with E-state index in [2.05, 4.69) is 24.8 Å². The first kappa shape index (κ1) is 25.3. The molecule has 184 valence electrons. The summed E-state index contributed by atoms with van der Waals surface area (Å²) in [5, 5.41) is 2.83. The number of nitrogens with one attached hydrogen (secondary N) is 1. The first-order valence-electron chi connectivity index (χ1n) is 9.81. The molecule has 0 saturated carbocycles. The van der Waals surface area contributed by atoms with Gasteiger partial charge in [-0.2, -0.15) is 17.6 Å². The number of aryl methyl sites for hydroxylation is 1. The largest absolute Gasteiger partial charge is 0.487 e. The maximum absolute atomic E-state index is 14.3. The van der Waals surface area contributed by atoms with Gasteiger partial charge in [0.15, 0.2) is 11.5 Å². The third-order valence-corrected chi connectivity index (χ3v) is 4.30. The standard InChI is InChI=1S/C21H19F6N3O4/c1-11-6-13(22)18(14(23)7-11)30-19-12-8-16(31-2-4-33-20(24)25)17(9-15(12)28-10-29-19)32-3-5-34-21(26)27/h6-10,20-21H,2-5H2,1H3,(H,28,29,30). The molecule has 2 aromatic carbocycles. The zero-order valence-corrected chi connectivity index (χ0v) is 17.7. The van der Waals surface area contributed by atoms with Gasteiger partial charge in [0, 0.05) is 11.5 Å². The van der Waals surface area contributed by atoms with Crippen LogP contribution >= 0.6 is 0 Å². The molecule has 0 aliphatic rings. The van der Waals surface area contributed by atoms with Gasteiger partial charge in [0.05, 0.1) is 18.7 Å². The van der Waals surface area contributed by atoms with Gasteiger partial charge >= 0.3 is 13.2 Å². The number of nitrogens with zero attached hydrogens (tertiary/aromatic N) is 2. The van der Waals surface area contributed by atoms with Crippen molar-refractivity contribution in [3.8, 4) is 11.5 Å². The van der Waals surface area contributed by atoms with Crippen molar-refractivity contribution in [3.05, 3.63) is 47.8 Å². The molecule has 1 heterocycles. The van der Waals surface area contributed by atoms with Crippen molar-refractivity contribution in [2.45, 2.75) is 20.1 Å². The summed E-state index contributed by atoms with van der Waals surface area (Å²) < 4.78 is 96.5. The molecule has 0 radical (unpaired) electrons. The number of fused-ring (bicyclic) bond motifs is 1. The Bertz CT molecular complexity index is 1100. The van der Waals surface area contributed by atoms with Crippen LogP contribution in [0.5, 0.6) is 11.5 Å². The lowest BCUT2D eigenvalue weighted by atomic mass is 10.1. The van der Waals surface area contributed by atoms with Gasteiger partial charge in [0.2, 0.25) is 0 Å². The number of halogens is 6. The summed E-state index contributed by atoms with van der Waals surface area (Å²) >= 11 is 0. The molecule has 1 N–H and O–H groups in total. The van der Waals surface area contributed by atoms with Crippen LogP contribution in [0.15, 0.2) is 30.6 Å². The number of aromatic nitrogens is 2. The quantitative estimate of drug-likeness (QED) is 0.276. The molecular formula is C21H19F6N3O4. The monoisotopic (exact) mass is 491 g/mol. The Balaban J connectivity index is 1.91. The normalized spacial score (nSPS) is 11.4. The van der Waals surface area contributed by atoms with Gasteiger partial charge in [-0.15, -0.1) is 0 Å². The summed E-state index contributed by atoms with van der Waals surface area (Å²) in [5.41, 5.74) is 0.196. The lowest BCUT2D eigenvalue weighted by Crippen LogP contribution is -2.12. The fraction of sp³-hybridized carbons (Fsp3) is 0.333. The van der Waals surface area contributed by atoms with Crippen LogP contribution in [-0.4, -0.2) is 49.6 Å². The second-order valence-electron chi connectivity index (χ2n) is 6.73. The maximum Gasteiger partial charge on any atom is 0.345 e. The highest BCUT2D eigenvalue weighted by molar-refractivity contribution is 5.93. The van der Waals surface area contributed by atoms with Crippen LogP contribution in [0.25, 0.3) is 10.9 Å². The molecule has 0 aliphatic heterocycles. The summed E-state index contributed by atoms with van der Waals surface area (Å²) in [5.74, 6) is -1.62. The van der Waals surface area contributed by atoms with Gasteiger partial charge in [-0.1, -0.05) is 0 Å². The average molecular weight is 491 g/mol. The minimum atomic E-state index is -2.99. The molecule has 0 fully saturated rings. The summed E-state index contributed by atoms with van der Waals surface area (Å²) in [6.07, 6.45) is 1.13. The highest BCUT2D eigenvalue weighted by atomic mass is 19.3. The minimum absolute atomic E-state index is 0.00473. The molecule has 1 aromatic heterocycles. The second kappa shape index (κ2) is 11.7. The lowest BCUT2D eigenvalue weighted by molar-refractivity contribution is -0.134. The third-order valence-electron chi connectivity index (χ3n) is 4.30. The zero-order chi connectivity index (χ0) is 24.7. The van der Waals surface area contributed by atoms with E-state index in [4.69, 9.17) is 9.47 Å². The van der Waals surface area contributed by atoms with Crippen molar-refractivity contribution in [1.29, 1.82) is 0 Å². The van der Waals surface area contributed by atoms with Gasteiger partial charge in [-0.05, 0) is 30.7 Å². The van der Waals surface area contributed by atoms with E-state index in [0.29, 0.717) is 5.56 Å². The van der Waals surface area contributed by atoms with E-state index in [1.807, 2.05) is 0 Å². The van der Waals surface area contributed by atoms with E-state index >= 15 is 0 Å². The van der Waals surface area contributed by atoms with Crippen molar-refractivity contribution in [3.63, 3.8) is 0 Å². The molecule has 0 saturated heterocycles. The molecule has 34 heavy (non-hydrogen) atoms. The average Bonchev–Trinajstić information content (AvgIpc) is 2.76. The van der Waals surface area contributed by atoms with Crippen LogP contribution in [0.2, 0.25) is 0 Å². The smallest absolute Gasteiger partial charge is 0.345 e. The van der Waals surface area contributed by atoms with Gasteiger partial charge in [-0.25, -0.2) is 18.7 Å². The van der Waals surface area contributed by atoms with Crippen molar-refractivity contribution < 1.29 is 45.3 Å². The fourth-order valence-corrected chi connectivity index (χ4v) is 2.90. The number of benzene rings is 2. The Morgan fingerprint density at radius 3 is 1.91 bits per heavy atom. The summed E-state index contributed by atoms with van der Waals surface area (Å²) in [6, 6.07) is 5.00. The van der Waals surface area contributed by atoms with Gasteiger partial charge in [-0.3, -0.25) is 0 Å². The third kappa shape index (κ3) is 6.84. The topological polar surface area (TPSA) is 74.7 Å². The van der Waals surface area contributed by atoms with E-state index in [9.17, 15) is 26.3 Å². The fourth-order valence-electron chi connectivity index (χ4n) is 2.90. The molecule has 0 amide bonds. The molecule has 3 rings (SSSR count). The van der Waals surface area contributed by atoms with E-state index < -0.39 is 43.8 Å². The Morgan fingerprint density at radius 2 is 1.35 bits per heavy atom. The van der Waals surface area contributed by atoms with Gasteiger partial charge < -0.3 is 24.3 Å². The molecule has 13 heteroatoms. The zero-order valence-electron chi connectivity index (χ0n) is 17.7. The van der Waals surface area contributed by atoms with E-state index in [0.717, 1.165) is 18.5 Å². The van der Waals surface area contributed by atoms with Crippen molar-refractivity contribution in [2.24, 2.45) is 0 Å². The van der Waals surface area contributed by atoms with Crippen LogP contribution in [0.3, 0.4) is 0 Å². The Morgan fingerprint density at radius 1 is 0.794 bits per heavy atom. The Labute approximate surface area is 189 Å². The van der Waals surface area contributed by atoms with E-state index in [-0.39, 0.29) is 41.4 Å². The van der Waals surface area contributed by atoms with Gasteiger partial charge in [0.25, 0.3) is 0 Å². The Kier molecular flexibility index (Phi) is 8.71. The molecule has 0 spiro atoms. The summed E-state index contributed by atoms with van der Waals surface area (Å²) in [7, 11) is 0. The minimum Gasteiger partial charge on any atom is -0.487 e. The highest BCUT2D eigenvalue weighted by Gasteiger charge is 2.16. The predicted molar refractivity (Wildman–Crippen MR) is 109 cm³/mol. The Hall–Kier alpha value is -3.32. The van der Waals surface area contributed by atoms with Crippen LogP contribution in [0.1, 0.15) is 5.56 Å². The first-order chi connectivity index (χ1) is 16.2. The molecule has 3 aromatic rings. The van der Waals surface area contributed by atoms with Gasteiger partial charge in [0.1, 0.15) is 42.7 Å². The van der Waals surface area contributed by atoms with Crippen LogP contribution in [-0.2, 0) is 9.47 Å². The van der Waals surface area contributed by atoms with Crippen molar-refractivity contribution >= 4 is 22.4 Å². The van der Waals surface area contributed by atoms with Crippen LogP contribution in [0, 0.1) is 18.6 Å². The molecule has 0 atom stereocenters. The first-order valence-corrected chi connectivity index (χ1v) is 9.81. The SMILES string of the molecule is Cc1cc(F)c(Nc2ncnc3cc(OCCOC(F)F)c(OCCOC(F)F)cc23)c(F)c1. The number of hydrogen-bond acceptors (Lipinski definition) is 7. The summed E-state index contributed by atoms with van der Waals surface area (Å²) in [6.45, 7) is -5.93. The van der Waals surface area contributed by atoms with E-state index in [1.165, 1.54) is 19.1 Å². The number of ether oxygens (including phenoxy) is 4. The molecular weight excluding hydrogens is 472 g/mol. The highest BCUT2D eigenvalue weighted by Crippen LogP contribution is 2.35. The molecule has 0 bridgehead atoms. The van der Waals surface area contributed by atoms with Crippen molar-refractivity contribution in [2.75, 3.05) is 31.7 Å². The maximum atomic E-state index is 14.3. The summed E-state index contributed by atoms with van der Waals surface area (Å²) in [4.78, 5) is 8.08. The molecule has 0 aliphatic carbocycles. The second-order valence-corrected chi connectivity index (χ2v) is 6.73. The van der Waals surface area contributed by atoms with Crippen molar-refractivity contribution in [1.82, 2.24) is 9.97 Å². The number of anilines is 2.